The molecule has 0 unspecified atom stereocenters. The number of ketones is 1. The lowest BCUT2D eigenvalue weighted by molar-refractivity contribution is -0.136. The Morgan fingerprint density at radius 3 is 2.89 bits per heavy atom. The van der Waals surface area contributed by atoms with Gasteiger partial charge in [-0.15, -0.1) is 0 Å². The Balaban J connectivity index is 2.08. The average Bonchev–Trinajstić information content (AvgIpc) is 2.84. The molecule has 4 heteroatoms. The van der Waals surface area contributed by atoms with Crippen LogP contribution in [0.3, 0.4) is 0 Å². The van der Waals surface area contributed by atoms with Crippen molar-refractivity contribution >= 4 is 30.1 Å². The molecule has 3 nitrogen and oxygen atoms in total. The first-order chi connectivity index (χ1) is 9.20. The normalized spacial score (nSPS) is 17.1. The molecule has 1 aromatic rings. The number of carbonyl (C=O) groups excluding carboxylic acids is 2. The van der Waals surface area contributed by atoms with Gasteiger partial charge in [-0.1, -0.05) is 29.7 Å². The number of ether oxygens (including phenoxy) is 1. The number of esters is 1. The van der Waals surface area contributed by atoms with Crippen LogP contribution in [0.1, 0.15) is 12.0 Å². The van der Waals surface area contributed by atoms with Gasteiger partial charge in [0.15, 0.2) is 13.1 Å². The Hall–Kier alpha value is -2.10. The highest BCUT2D eigenvalue weighted by atomic mass is 16.5. The summed E-state index contributed by atoms with van der Waals surface area (Å²) in [7, 11) is 3.30. The first-order valence-electron chi connectivity index (χ1n) is 6.18. The largest absolute Gasteiger partial charge is 0.466 e. The summed E-state index contributed by atoms with van der Waals surface area (Å²) in [5.74, 6) is -0.299. The molecule has 0 bridgehead atoms. The van der Waals surface area contributed by atoms with Gasteiger partial charge >= 0.3 is 5.97 Å². The summed E-state index contributed by atoms with van der Waals surface area (Å²) in [4.78, 5) is 23.8. The number of hydrogen-bond acceptors (Lipinski definition) is 3. The zero-order valence-corrected chi connectivity index (χ0v) is 10.6. The first-order valence-corrected chi connectivity index (χ1v) is 6.18. The Bertz CT molecular complexity index is 641. The topological polar surface area (TPSA) is 43.4 Å². The predicted octanol–water partition coefficient (Wildman–Crippen LogP) is 1.27. The first kappa shape index (κ1) is 12.0. The van der Waals surface area contributed by atoms with Gasteiger partial charge in [-0.2, -0.15) is 0 Å². The monoisotopic (exact) mass is 251 g/mol. The molecule has 19 heavy (non-hydrogen) atoms. The van der Waals surface area contributed by atoms with Crippen molar-refractivity contribution < 1.29 is 14.3 Å². The second-order valence-corrected chi connectivity index (χ2v) is 4.65. The van der Waals surface area contributed by atoms with Crippen molar-refractivity contribution in [3.8, 4) is 0 Å². The molecule has 0 spiro atoms. The molecule has 0 amide bonds. The van der Waals surface area contributed by atoms with E-state index in [1.165, 1.54) is 7.11 Å². The number of Topliss-reactive ketones (excluding diaryl/α,β-unsaturated/α-hetero) is 1. The minimum Gasteiger partial charge on any atom is -0.466 e. The number of allylic oxidation sites excluding steroid dienone is 3. The molecule has 1 radical (unpaired) electrons. The van der Waals surface area contributed by atoms with E-state index in [4.69, 9.17) is 4.74 Å². The second-order valence-electron chi connectivity index (χ2n) is 4.65. The average molecular weight is 251 g/mol. The van der Waals surface area contributed by atoms with Gasteiger partial charge in [-0.3, -0.25) is 4.79 Å². The summed E-state index contributed by atoms with van der Waals surface area (Å²) in [5.41, 5.74) is 4.24. The van der Waals surface area contributed by atoms with Gasteiger partial charge < -0.3 is 4.74 Å². The van der Waals surface area contributed by atoms with Gasteiger partial charge in [0.1, 0.15) is 0 Å². The maximum absolute atomic E-state index is 12.1. The van der Waals surface area contributed by atoms with E-state index in [0.29, 0.717) is 23.9 Å². The molecule has 1 heterocycles. The van der Waals surface area contributed by atoms with E-state index in [1.54, 1.807) is 6.08 Å². The molecule has 1 aliphatic carbocycles. The van der Waals surface area contributed by atoms with Gasteiger partial charge in [0.05, 0.1) is 7.11 Å². The van der Waals surface area contributed by atoms with Crippen LogP contribution in [0.15, 0.2) is 41.5 Å². The molecule has 0 saturated carbocycles. The predicted molar refractivity (Wildman–Crippen MR) is 73.3 cm³/mol. The number of rotatable bonds is 1. The van der Waals surface area contributed by atoms with Gasteiger partial charge in [0.2, 0.25) is 0 Å². The lowest BCUT2D eigenvalue weighted by Crippen LogP contribution is -2.18. The van der Waals surface area contributed by atoms with Crippen LogP contribution >= 0.6 is 0 Å². The molecule has 0 atom stereocenters. The molecule has 0 aromatic heterocycles. The third kappa shape index (κ3) is 1.93. The second kappa shape index (κ2) is 4.54. The fraction of sp³-hybridized carbons (Fsp3) is 0.200. The van der Waals surface area contributed by atoms with Crippen molar-refractivity contribution in [2.45, 2.75) is 12.7 Å². The van der Waals surface area contributed by atoms with Crippen molar-refractivity contribution in [2.75, 3.05) is 7.11 Å². The van der Waals surface area contributed by atoms with Crippen molar-refractivity contribution in [1.29, 1.82) is 0 Å². The molecule has 0 fully saturated rings. The summed E-state index contributed by atoms with van der Waals surface area (Å²) in [5, 5.41) is 0. The van der Waals surface area contributed by atoms with Crippen LogP contribution in [0.4, 0.5) is 0 Å². The van der Waals surface area contributed by atoms with Crippen LogP contribution in [-0.2, 0) is 14.3 Å². The van der Waals surface area contributed by atoms with Crippen molar-refractivity contribution in [3.63, 3.8) is 0 Å². The quantitative estimate of drug-likeness (QED) is 0.557. The molecular weight excluding hydrogens is 239 g/mol. The number of benzene rings is 1. The molecule has 93 valence electrons. The zero-order chi connectivity index (χ0) is 13.4. The number of hydrogen-bond donors (Lipinski definition) is 0. The highest BCUT2D eigenvalue weighted by Crippen LogP contribution is 2.35. The Morgan fingerprint density at radius 1 is 1.32 bits per heavy atom. The summed E-state index contributed by atoms with van der Waals surface area (Å²) in [6.45, 7) is 0. The molecule has 3 rings (SSSR count). The van der Waals surface area contributed by atoms with E-state index in [0.717, 1.165) is 16.6 Å². The summed E-state index contributed by atoms with van der Waals surface area (Å²) in [6.07, 6.45) is 2.53. The maximum atomic E-state index is 12.1. The van der Waals surface area contributed by atoms with Crippen molar-refractivity contribution in [3.05, 3.63) is 47.1 Å². The molecule has 2 aliphatic rings. The van der Waals surface area contributed by atoms with Crippen molar-refractivity contribution in [1.82, 2.24) is 0 Å². The van der Waals surface area contributed by atoms with E-state index >= 15 is 0 Å². The van der Waals surface area contributed by atoms with E-state index < -0.39 is 0 Å². The van der Waals surface area contributed by atoms with E-state index in [9.17, 15) is 9.59 Å². The summed E-state index contributed by atoms with van der Waals surface area (Å²) in [6, 6.07) is 7.89. The Kier molecular flexibility index (Phi) is 2.86. The molecular formula is C15H12BO3. The molecule has 0 N–H and O–H groups in total. The third-order valence-electron chi connectivity index (χ3n) is 3.55. The minimum atomic E-state index is -0.359. The van der Waals surface area contributed by atoms with Crippen LogP contribution in [0, 0.1) is 0 Å². The smallest absolute Gasteiger partial charge is 0.334 e. The van der Waals surface area contributed by atoms with Gasteiger partial charge in [0, 0.05) is 17.6 Å². The standard InChI is InChI=1S/C15H12BO3/c1-19-15(18)9-6-11-10-4-2-3-5-13(10)16-8-14(17)12(11)7-9/h2-5,7H,6,8H2,1H3. The Morgan fingerprint density at radius 2 is 2.11 bits per heavy atom. The Labute approximate surface area is 112 Å². The summed E-state index contributed by atoms with van der Waals surface area (Å²) < 4.78 is 4.74. The summed E-state index contributed by atoms with van der Waals surface area (Å²) >= 11 is 0. The van der Waals surface area contributed by atoms with Gasteiger partial charge in [0.25, 0.3) is 0 Å². The van der Waals surface area contributed by atoms with Crippen LogP contribution in [-0.4, -0.2) is 26.1 Å². The molecule has 1 aromatic carbocycles. The van der Waals surface area contributed by atoms with E-state index in [2.05, 4.69) is 0 Å². The third-order valence-corrected chi connectivity index (χ3v) is 3.55. The fourth-order valence-electron chi connectivity index (χ4n) is 2.61. The van der Waals surface area contributed by atoms with Crippen LogP contribution < -0.4 is 5.46 Å². The number of fused-ring (bicyclic) bond motifs is 2. The maximum Gasteiger partial charge on any atom is 0.334 e. The number of carbonyl (C=O) groups is 2. The van der Waals surface area contributed by atoms with Gasteiger partial charge in [-0.25, -0.2) is 4.79 Å². The molecule has 0 saturated heterocycles. The lowest BCUT2D eigenvalue weighted by atomic mass is 9.65. The lowest BCUT2D eigenvalue weighted by Gasteiger charge is -2.09. The van der Waals surface area contributed by atoms with Crippen molar-refractivity contribution in [2.24, 2.45) is 0 Å². The number of methoxy groups -OCH3 is 1. The highest BCUT2D eigenvalue weighted by Gasteiger charge is 2.29. The van der Waals surface area contributed by atoms with E-state index in [-0.39, 0.29) is 11.8 Å². The van der Waals surface area contributed by atoms with Gasteiger partial charge in [-0.05, 0) is 23.5 Å². The van der Waals surface area contributed by atoms with E-state index in [1.807, 2.05) is 31.5 Å². The minimum absolute atomic E-state index is 0.0603. The van der Waals surface area contributed by atoms with Crippen LogP contribution in [0.2, 0.25) is 6.32 Å². The molecule has 1 aliphatic heterocycles. The fourth-order valence-corrected chi connectivity index (χ4v) is 2.61. The zero-order valence-electron chi connectivity index (χ0n) is 10.6. The van der Waals surface area contributed by atoms with Crippen LogP contribution in [0.25, 0.3) is 5.57 Å². The SMILES string of the molecule is COC(=O)C1=CC2=C(C1)c1ccccc1[B]CC2=O. The highest BCUT2D eigenvalue weighted by molar-refractivity contribution is 6.60. The van der Waals surface area contributed by atoms with Crippen LogP contribution in [0.5, 0.6) is 0 Å².